The Kier molecular flexibility index (Phi) is 3.69. The van der Waals surface area contributed by atoms with Gasteiger partial charge in [0.2, 0.25) is 0 Å². The molecule has 0 atom stereocenters. The van der Waals surface area contributed by atoms with Crippen LogP contribution < -0.4 is 10.2 Å². The number of hydrogen-bond acceptors (Lipinski definition) is 4. The van der Waals surface area contributed by atoms with Crippen LogP contribution in [0.3, 0.4) is 0 Å². The molecule has 1 fully saturated rings. The highest BCUT2D eigenvalue weighted by Gasteiger charge is 2.22. The number of anilines is 1. The summed E-state index contributed by atoms with van der Waals surface area (Å²) in [5.74, 6) is 1.50. The summed E-state index contributed by atoms with van der Waals surface area (Å²) in [5.41, 5.74) is 2.48. The van der Waals surface area contributed by atoms with Gasteiger partial charge < -0.3 is 15.3 Å². The van der Waals surface area contributed by atoms with Gasteiger partial charge in [0.1, 0.15) is 5.84 Å². The van der Waals surface area contributed by atoms with Crippen molar-refractivity contribution in [3.63, 3.8) is 0 Å². The molecule has 2 aliphatic rings. The molecule has 1 aromatic carbocycles. The van der Waals surface area contributed by atoms with Gasteiger partial charge in [-0.25, -0.2) is 0 Å². The van der Waals surface area contributed by atoms with Crippen LogP contribution >= 0.6 is 0 Å². The number of aliphatic imine (C=N–C) groups is 1. The van der Waals surface area contributed by atoms with Gasteiger partial charge in [0.25, 0.3) is 0 Å². The number of rotatable bonds is 3. The molecule has 2 aliphatic heterocycles. The van der Waals surface area contributed by atoms with E-state index in [1.54, 1.807) is 0 Å². The van der Waals surface area contributed by atoms with Crippen molar-refractivity contribution < 1.29 is 5.11 Å². The predicted molar refractivity (Wildman–Crippen MR) is 77.9 cm³/mol. The Labute approximate surface area is 114 Å². The largest absolute Gasteiger partial charge is 0.396 e. The van der Waals surface area contributed by atoms with E-state index in [1.165, 1.54) is 11.3 Å². The van der Waals surface area contributed by atoms with Crippen LogP contribution in [0.15, 0.2) is 29.3 Å². The van der Waals surface area contributed by atoms with Crippen LogP contribution in [0.4, 0.5) is 5.69 Å². The topological polar surface area (TPSA) is 47.9 Å². The van der Waals surface area contributed by atoms with Crippen LogP contribution in [0.1, 0.15) is 18.4 Å². The Bertz CT molecular complexity index is 464. The molecule has 3 rings (SSSR count). The van der Waals surface area contributed by atoms with Gasteiger partial charge in [-0.15, -0.1) is 0 Å². The van der Waals surface area contributed by atoms with Crippen molar-refractivity contribution in [1.82, 2.24) is 5.32 Å². The Morgan fingerprint density at radius 1 is 1.26 bits per heavy atom. The van der Waals surface area contributed by atoms with Crippen molar-refractivity contribution in [2.75, 3.05) is 37.7 Å². The van der Waals surface area contributed by atoms with Gasteiger partial charge in [0, 0.05) is 37.5 Å². The number of amidine groups is 1. The maximum absolute atomic E-state index is 9.23. The van der Waals surface area contributed by atoms with Gasteiger partial charge in [0.05, 0.1) is 6.54 Å². The first-order chi connectivity index (χ1) is 9.38. The molecule has 2 heterocycles. The zero-order valence-electron chi connectivity index (χ0n) is 11.2. The lowest BCUT2D eigenvalue weighted by Gasteiger charge is -2.34. The number of para-hydroxylation sites is 1. The monoisotopic (exact) mass is 259 g/mol. The van der Waals surface area contributed by atoms with E-state index in [2.05, 4.69) is 39.5 Å². The van der Waals surface area contributed by atoms with E-state index in [0.29, 0.717) is 12.5 Å². The molecule has 102 valence electrons. The normalized spacial score (nSPS) is 20.3. The Hall–Kier alpha value is -1.55. The minimum Gasteiger partial charge on any atom is -0.396 e. The van der Waals surface area contributed by atoms with E-state index in [9.17, 15) is 5.11 Å². The van der Waals surface area contributed by atoms with Crippen LogP contribution in [0.5, 0.6) is 0 Å². The van der Waals surface area contributed by atoms with Crippen LogP contribution in [0.2, 0.25) is 0 Å². The average molecular weight is 259 g/mol. The molecule has 0 unspecified atom stereocenters. The van der Waals surface area contributed by atoms with Gasteiger partial charge in [0.15, 0.2) is 0 Å². The van der Waals surface area contributed by atoms with Crippen molar-refractivity contribution in [2.45, 2.75) is 12.8 Å². The predicted octanol–water partition coefficient (Wildman–Crippen LogP) is 1.25. The Morgan fingerprint density at radius 3 is 2.74 bits per heavy atom. The Balaban J connectivity index is 1.81. The lowest BCUT2D eigenvalue weighted by molar-refractivity contribution is 0.203. The number of nitrogens with zero attached hydrogens (tertiary/aromatic N) is 2. The number of benzene rings is 1. The van der Waals surface area contributed by atoms with E-state index in [-0.39, 0.29) is 0 Å². The van der Waals surface area contributed by atoms with E-state index in [0.717, 1.165) is 44.9 Å². The molecule has 0 amide bonds. The molecule has 19 heavy (non-hydrogen) atoms. The van der Waals surface area contributed by atoms with E-state index >= 15 is 0 Å². The second-order valence-corrected chi connectivity index (χ2v) is 5.29. The van der Waals surface area contributed by atoms with Crippen LogP contribution in [0, 0.1) is 5.92 Å². The third kappa shape index (κ3) is 2.59. The second-order valence-electron chi connectivity index (χ2n) is 5.29. The molecule has 1 saturated heterocycles. The highest BCUT2D eigenvalue weighted by Crippen LogP contribution is 2.26. The Morgan fingerprint density at radius 2 is 2.05 bits per heavy atom. The SMILES string of the molecule is OCC1CCN(c2ccccc2C2=NCCN2)CC1. The maximum atomic E-state index is 9.23. The zero-order valence-corrected chi connectivity index (χ0v) is 11.2. The fourth-order valence-corrected chi connectivity index (χ4v) is 2.88. The summed E-state index contributed by atoms with van der Waals surface area (Å²) in [7, 11) is 0. The van der Waals surface area contributed by atoms with Crippen molar-refractivity contribution in [3.8, 4) is 0 Å². The minimum absolute atomic E-state index is 0.323. The van der Waals surface area contributed by atoms with Crippen LogP contribution in [-0.4, -0.2) is 43.7 Å². The number of aliphatic hydroxyl groups excluding tert-OH is 1. The number of hydrogen-bond donors (Lipinski definition) is 2. The second kappa shape index (κ2) is 5.61. The summed E-state index contributed by atoms with van der Waals surface area (Å²) in [5, 5.41) is 12.6. The van der Waals surface area contributed by atoms with E-state index in [1.807, 2.05) is 0 Å². The quantitative estimate of drug-likeness (QED) is 0.859. The first-order valence-corrected chi connectivity index (χ1v) is 7.12. The highest BCUT2D eigenvalue weighted by molar-refractivity contribution is 6.04. The number of piperidine rings is 1. The zero-order chi connectivity index (χ0) is 13.1. The van der Waals surface area contributed by atoms with Gasteiger partial charge >= 0.3 is 0 Å². The van der Waals surface area contributed by atoms with E-state index in [4.69, 9.17) is 0 Å². The minimum atomic E-state index is 0.323. The fraction of sp³-hybridized carbons (Fsp3) is 0.533. The van der Waals surface area contributed by atoms with Crippen molar-refractivity contribution in [1.29, 1.82) is 0 Å². The van der Waals surface area contributed by atoms with Crippen molar-refractivity contribution in [2.24, 2.45) is 10.9 Å². The van der Waals surface area contributed by atoms with Gasteiger partial charge in [-0.1, -0.05) is 12.1 Å². The molecule has 0 aromatic heterocycles. The number of aliphatic hydroxyl groups is 1. The van der Waals surface area contributed by atoms with Crippen molar-refractivity contribution in [3.05, 3.63) is 29.8 Å². The maximum Gasteiger partial charge on any atom is 0.130 e. The molecular formula is C15H21N3O. The molecular weight excluding hydrogens is 238 g/mol. The summed E-state index contributed by atoms with van der Waals surface area (Å²) < 4.78 is 0. The lowest BCUT2D eigenvalue weighted by Crippen LogP contribution is -2.36. The van der Waals surface area contributed by atoms with Crippen LogP contribution in [-0.2, 0) is 0 Å². The van der Waals surface area contributed by atoms with Crippen LogP contribution in [0.25, 0.3) is 0 Å². The summed E-state index contributed by atoms with van der Waals surface area (Å²) in [6.07, 6.45) is 2.15. The molecule has 0 saturated carbocycles. The summed E-state index contributed by atoms with van der Waals surface area (Å²) in [4.78, 5) is 6.95. The molecule has 0 spiro atoms. The lowest BCUT2D eigenvalue weighted by atomic mass is 9.97. The number of nitrogens with one attached hydrogen (secondary N) is 1. The summed E-state index contributed by atoms with van der Waals surface area (Å²) in [6, 6.07) is 8.48. The summed E-state index contributed by atoms with van der Waals surface area (Å²) in [6.45, 7) is 4.18. The fourth-order valence-electron chi connectivity index (χ4n) is 2.88. The molecule has 0 bridgehead atoms. The molecule has 4 heteroatoms. The first-order valence-electron chi connectivity index (χ1n) is 7.12. The van der Waals surface area contributed by atoms with Gasteiger partial charge in [-0.3, -0.25) is 4.99 Å². The molecule has 0 aliphatic carbocycles. The van der Waals surface area contributed by atoms with Gasteiger partial charge in [-0.2, -0.15) is 0 Å². The molecule has 0 radical (unpaired) electrons. The standard InChI is InChI=1S/C15H21N3O/c19-11-12-5-9-18(10-6-12)14-4-2-1-3-13(14)15-16-7-8-17-15/h1-4,12,19H,5-11H2,(H,16,17). The van der Waals surface area contributed by atoms with Crippen molar-refractivity contribution >= 4 is 11.5 Å². The smallest absolute Gasteiger partial charge is 0.130 e. The average Bonchev–Trinajstić information content (AvgIpc) is 3.01. The van der Waals surface area contributed by atoms with Gasteiger partial charge in [-0.05, 0) is 30.9 Å². The summed E-state index contributed by atoms with van der Waals surface area (Å²) >= 11 is 0. The third-order valence-corrected chi connectivity index (χ3v) is 4.05. The van der Waals surface area contributed by atoms with E-state index < -0.39 is 0 Å². The highest BCUT2D eigenvalue weighted by atomic mass is 16.3. The molecule has 1 aromatic rings. The molecule has 4 nitrogen and oxygen atoms in total. The first kappa shape index (κ1) is 12.5. The molecule has 2 N–H and O–H groups in total. The third-order valence-electron chi connectivity index (χ3n) is 4.05.